The van der Waals surface area contributed by atoms with E-state index in [2.05, 4.69) is 35.6 Å². The van der Waals surface area contributed by atoms with Gasteiger partial charge in [-0.1, -0.05) is 30.3 Å². The molecule has 0 aliphatic heterocycles. The van der Waals surface area contributed by atoms with Crippen LogP contribution in [0, 0.1) is 6.92 Å². The predicted molar refractivity (Wildman–Crippen MR) is 93.2 cm³/mol. The monoisotopic (exact) mass is 311 g/mol. The fourth-order valence-corrected chi connectivity index (χ4v) is 3.57. The number of aryl methyl sites for hydroxylation is 1. The van der Waals surface area contributed by atoms with Crippen molar-refractivity contribution in [2.45, 2.75) is 38.8 Å². The molecule has 0 spiro atoms. The Morgan fingerprint density at radius 1 is 1.09 bits per heavy atom. The summed E-state index contributed by atoms with van der Waals surface area (Å²) in [6.07, 6.45) is 3.63. The van der Waals surface area contributed by atoms with Crippen LogP contribution in [0.2, 0.25) is 0 Å². The number of ether oxygens (including phenoxy) is 2. The zero-order valence-electron chi connectivity index (χ0n) is 14.2. The lowest BCUT2D eigenvalue weighted by atomic mass is 9.87. The van der Waals surface area contributed by atoms with E-state index in [1.807, 2.05) is 13.0 Å². The summed E-state index contributed by atoms with van der Waals surface area (Å²) in [5, 5.41) is 3.71. The summed E-state index contributed by atoms with van der Waals surface area (Å²) < 4.78 is 11.0. The van der Waals surface area contributed by atoms with Crippen molar-refractivity contribution < 1.29 is 9.47 Å². The van der Waals surface area contributed by atoms with Crippen LogP contribution in [-0.4, -0.2) is 14.2 Å². The highest BCUT2D eigenvalue weighted by molar-refractivity contribution is 5.49. The van der Waals surface area contributed by atoms with Gasteiger partial charge in [0.25, 0.3) is 0 Å². The van der Waals surface area contributed by atoms with E-state index in [1.54, 1.807) is 14.2 Å². The van der Waals surface area contributed by atoms with Gasteiger partial charge >= 0.3 is 0 Å². The number of benzene rings is 2. The lowest BCUT2D eigenvalue weighted by Gasteiger charge is -2.27. The average Bonchev–Trinajstić information content (AvgIpc) is 2.60. The average molecular weight is 311 g/mol. The van der Waals surface area contributed by atoms with Crippen LogP contribution in [0.25, 0.3) is 0 Å². The van der Waals surface area contributed by atoms with Crippen molar-refractivity contribution in [2.75, 3.05) is 14.2 Å². The van der Waals surface area contributed by atoms with Crippen LogP contribution in [0.15, 0.2) is 36.4 Å². The Morgan fingerprint density at radius 3 is 2.70 bits per heavy atom. The molecule has 1 aliphatic carbocycles. The SMILES string of the molecule is COc1ccc(CN[C@H]2CCCc3ccccc32)c(OC)c1C. The lowest BCUT2D eigenvalue weighted by molar-refractivity contribution is 0.381. The highest BCUT2D eigenvalue weighted by atomic mass is 16.5. The number of nitrogens with one attached hydrogen (secondary N) is 1. The van der Waals surface area contributed by atoms with Crippen LogP contribution in [-0.2, 0) is 13.0 Å². The van der Waals surface area contributed by atoms with Crippen LogP contribution < -0.4 is 14.8 Å². The van der Waals surface area contributed by atoms with Crippen LogP contribution in [0.5, 0.6) is 11.5 Å². The molecule has 0 amide bonds. The fourth-order valence-electron chi connectivity index (χ4n) is 3.57. The Morgan fingerprint density at radius 2 is 1.91 bits per heavy atom. The molecule has 0 bridgehead atoms. The topological polar surface area (TPSA) is 30.5 Å². The first-order valence-corrected chi connectivity index (χ1v) is 8.26. The molecule has 0 radical (unpaired) electrons. The summed E-state index contributed by atoms with van der Waals surface area (Å²) in [5.41, 5.74) is 5.16. The molecule has 0 unspecified atom stereocenters. The maximum absolute atomic E-state index is 5.61. The van der Waals surface area contributed by atoms with E-state index in [0.29, 0.717) is 6.04 Å². The molecule has 1 N–H and O–H groups in total. The molecule has 1 atom stereocenters. The molecule has 23 heavy (non-hydrogen) atoms. The molecule has 0 aromatic heterocycles. The van der Waals surface area contributed by atoms with Crippen LogP contribution >= 0.6 is 0 Å². The number of rotatable bonds is 5. The van der Waals surface area contributed by atoms with Gasteiger partial charge in [-0.15, -0.1) is 0 Å². The second-order valence-corrected chi connectivity index (χ2v) is 6.11. The molecule has 0 heterocycles. The normalized spacial score (nSPS) is 16.7. The Balaban J connectivity index is 1.78. The maximum Gasteiger partial charge on any atom is 0.129 e. The Hall–Kier alpha value is -2.00. The van der Waals surface area contributed by atoms with E-state index in [0.717, 1.165) is 23.6 Å². The minimum absolute atomic E-state index is 0.423. The largest absolute Gasteiger partial charge is 0.496 e. The smallest absolute Gasteiger partial charge is 0.129 e. The highest BCUT2D eigenvalue weighted by Gasteiger charge is 2.20. The summed E-state index contributed by atoms with van der Waals surface area (Å²) in [6, 6.07) is 13.3. The molecule has 0 saturated heterocycles. The zero-order chi connectivity index (χ0) is 16.2. The second-order valence-electron chi connectivity index (χ2n) is 6.11. The molecule has 3 nitrogen and oxygen atoms in total. The first-order valence-electron chi connectivity index (χ1n) is 8.26. The number of fused-ring (bicyclic) bond motifs is 1. The van der Waals surface area contributed by atoms with Crippen LogP contribution in [0.4, 0.5) is 0 Å². The maximum atomic E-state index is 5.61. The Labute approximate surface area is 138 Å². The third kappa shape index (κ3) is 3.20. The van der Waals surface area contributed by atoms with Crippen molar-refractivity contribution in [2.24, 2.45) is 0 Å². The van der Waals surface area contributed by atoms with Gasteiger partial charge in [0.05, 0.1) is 14.2 Å². The molecule has 3 heteroatoms. The summed E-state index contributed by atoms with van der Waals surface area (Å²) in [6.45, 7) is 2.84. The zero-order valence-corrected chi connectivity index (χ0v) is 14.2. The first-order chi connectivity index (χ1) is 11.2. The van der Waals surface area contributed by atoms with E-state index in [9.17, 15) is 0 Å². The van der Waals surface area contributed by atoms with Crippen molar-refractivity contribution in [1.29, 1.82) is 0 Å². The van der Waals surface area contributed by atoms with Crippen molar-refractivity contribution in [1.82, 2.24) is 5.32 Å². The first kappa shape index (κ1) is 15.9. The van der Waals surface area contributed by atoms with E-state index in [1.165, 1.54) is 36.0 Å². The highest BCUT2D eigenvalue weighted by Crippen LogP contribution is 2.33. The van der Waals surface area contributed by atoms with Crippen LogP contribution in [0.3, 0.4) is 0 Å². The van der Waals surface area contributed by atoms with Crippen molar-refractivity contribution >= 4 is 0 Å². The Kier molecular flexibility index (Phi) is 4.87. The van der Waals surface area contributed by atoms with Gasteiger partial charge in [-0.2, -0.15) is 0 Å². The number of methoxy groups -OCH3 is 2. The van der Waals surface area contributed by atoms with Crippen molar-refractivity contribution in [3.8, 4) is 11.5 Å². The molecule has 2 aromatic rings. The molecule has 1 aliphatic rings. The summed E-state index contributed by atoms with van der Waals surface area (Å²) in [4.78, 5) is 0. The summed E-state index contributed by atoms with van der Waals surface area (Å²) >= 11 is 0. The van der Waals surface area contributed by atoms with E-state index in [-0.39, 0.29) is 0 Å². The second kappa shape index (κ2) is 7.05. The Bertz CT molecular complexity index is 681. The van der Waals surface area contributed by atoms with Gasteiger partial charge in [-0.3, -0.25) is 0 Å². The lowest BCUT2D eigenvalue weighted by Crippen LogP contribution is -2.25. The standard InChI is InChI=1S/C20H25NO2/c1-14-19(22-2)12-11-16(20(14)23-3)13-21-18-10-6-8-15-7-4-5-9-17(15)18/h4-5,7,9,11-12,18,21H,6,8,10,13H2,1-3H3/t18-/m0/s1. The van der Waals surface area contributed by atoms with Gasteiger partial charge in [0, 0.05) is 23.7 Å². The predicted octanol–water partition coefficient (Wildman–Crippen LogP) is 4.18. The molecule has 0 saturated carbocycles. The molecular weight excluding hydrogens is 286 g/mol. The van der Waals surface area contributed by atoms with Crippen molar-refractivity contribution in [3.05, 3.63) is 58.7 Å². The number of hydrogen-bond acceptors (Lipinski definition) is 3. The van der Waals surface area contributed by atoms with Gasteiger partial charge in [-0.05, 0) is 43.4 Å². The number of hydrogen-bond donors (Lipinski definition) is 1. The van der Waals surface area contributed by atoms with Gasteiger partial charge in [-0.25, -0.2) is 0 Å². The molecular formula is C20H25NO2. The van der Waals surface area contributed by atoms with E-state index in [4.69, 9.17) is 9.47 Å². The third-order valence-electron chi connectivity index (χ3n) is 4.77. The van der Waals surface area contributed by atoms with Gasteiger partial charge < -0.3 is 14.8 Å². The summed E-state index contributed by atoms with van der Waals surface area (Å²) in [7, 11) is 3.42. The van der Waals surface area contributed by atoms with E-state index < -0.39 is 0 Å². The van der Waals surface area contributed by atoms with Crippen LogP contribution in [0.1, 0.15) is 41.1 Å². The fraction of sp³-hybridized carbons (Fsp3) is 0.400. The van der Waals surface area contributed by atoms with Gasteiger partial charge in [0.1, 0.15) is 11.5 Å². The molecule has 122 valence electrons. The minimum atomic E-state index is 0.423. The van der Waals surface area contributed by atoms with Crippen molar-refractivity contribution in [3.63, 3.8) is 0 Å². The quantitative estimate of drug-likeness (QED) is 0.898. The summed E-state index contributed by atoms with van der Waals surface area (Å²) in [5.74, 6) is 1.79. The van der Waals surface area contributed by atoms with E-state index >= 15 is 0 Å². The molecule has 0 fully saturated rings. The molecule has 2 aromatic carbocycles. The molecule has 3 rings (SSSR count). The minimum Gasteiger partial charge on any atom is -0.496 e. The third-order valence-corrected chi connectivity index (χ3v) is 4.77. The van der Waals surface area contributed by atoms with Gasteiger partial charge in [0.2, 0.25) is 0 Å². The van der Waals surface area contributed by atoms with Gasteiger partial charge in [0.15, 0.2) is 0 Å².